The van der Waals surface area contributed by atoms with E-state index in [2.05, 4.69) is 37.6 Å². The minimum atomic E-state index is -0.0225. The number of carbonyl (C=O) groups is 1. The Morgan fingerprint density at radius 3 is 2.44 bits per heavy atom. The van der Waals surface area contributed by atoms with Crippen LogP contribution in [0.4, 0.5) is 11.4 Å². The quantitative estimate of drug-likeness (QED) is 0.510. The summed E-state index contributed by atoms with van der Waals surface area (Å²) in [4.78, 5) is 23.0. The third-order valence-electron chi connectivity index (χ3n) is 5.35. The molecule has 8 heteroatoms. The zero-order valence-corrected chi connectivity index (χ0v) is 19.5. The first kappa shape index (κ1) is 23.4. The van der Waals surface area contributed by atoms with Crippen molar-refractivity contribution in [1.29, 1.82) is 0 Å². The number of amides is 1. The number of aliphatic imine (C=N–C) groups is 1. The molecular weight excluding hydrogens is 404 g/mol. The summed E-state index contributed by atoms with van der Waals surface area (Å²) >= 11 is 0. The fourth-order valence-electron chi connectivity index (χ4n) is 3.73. The molecule has 1 saturated heterocycles. The lowest BCUT2D eigenvalue weighted by molar-refractivity contribution is -0.116. The van der Waals surface area contributed by atoms with E-state index in [0.29, 0.717) is 13.1 Å². The monoisotopic (exact) mass is 438 g/mol. The number of ether oxygens (including phenoxy) is 1. The molecule has 0 radical (unpaired) electrons. The molecule has 172 valence electrons. The third-order valence-corrected chi connectivity index (χ3v) is 5.35. The van der Waals surface area contributed by atoms with Gasteiger partial charge in [0.25, 0.3) is 0 Å². The predicted octanol–water partition coefficient (Wildman–Crippen LogP) is 2.09. The lowest BCUT2D eigenvalue weighted by Crippen LogP contribution is -2.52. The summed E-state index contributed by atoms with van der Waals surface area (Å²) in [5.74, 6) is 1.74. The van der Waals surface area contributed by atoms with E-state index in [1.54, 1.807) is 7.11 Å². The minimum Gasteiger partial charge on any atom is -0.497 e. The summed E-state index contributed by atoms with van der Waals surface area (Å²) in [5, 5.41) is 6.40. The first-order chi connectivity index (χ1) is 15.5. The standard InChI is InChI=1S/C24H34N6O2/c1-25-24(26-17-19-6-5-7-20(16-19)27-23(31)18-28(2)3)30-14-12-29(13-15-30)21-8-10-22(32-4)11-9-21/h5-11,16H,12-15,17-18H2,1-4H3,(H,25,26)(H,27,31). The second-order valence-electron chi connectivity index (χ2n) is 8.06. The molecule has 32 heavy (non-hydrogen) atoms. The second-order valence-corrected chi connectivity index (χ2v) is 8.06. The van der Waals surface area contributed by atoms with Gasteiger partial charge in [-0.1, -0.05) is 12.1 Å². The largest absolute Gasteiger partial charge is 0.497 e. The van der Waals surface area contributed by atoms with Gasteiger partial charge in [0.15, 0.2) is 5.96 Å². The number of hydrogen-bond donors (Lipinski definition) is 2. The van der Waals surface area contributed by atoms with Gasteiger partial charge in [-0.2, -0.15) is 0 Å². The number of benzene rings is 2. The van der Waals surface area contributed by atoms with Crippen LogP contribution in [0.5, 0.6) is 5.75 Å². The number of nitrogens with zero attached hydrogens (tertiary/aromatic N) is 4. The van der Waals surface area contributed by atoms with Crippen LogP contribution in [0.25, 0.3) is 0 Å². The molecule has 2 aromatic rings. The van der Waals surface area contributed by atoms with Crippen molar-refractivity contribution in [2.75, 3.05) is 71.2 Å². The molecule has 0 saturated carbocycles. The van der Waals surface area contributed by atoms with Crippen molar-refractivity contribution in [3.8, 4) is 5.75 Å². The molecule has 0 aliphatic carbocycles. The molecule has 0 spiro atoms. The van der Waals surface area contributed by atoms with Crippen LogP contribution < -0.4 is 20.3 Å². The Morgan fingerprint density at radius 2 is 1.81 bits per heavy atom. The highest BCUT2D eigenvalue weighted by Crippen LogP contribution is 2.20. The highest BCUT2D eigenvalue weighted by molar-refractivity contribution is 5.92. The van der Waals surface area contributed by atoms with Crippen LogP contribution in [0, 0.1) is 0 Å². The molecule has 0 bridgehead atoms. The van der Waals surface area contributed by atoms with E-state index >= 15 is 0 Å². The molecule has 1 aliphatic rings. The highest BCUT2D eigenvalue weighted by atomic mass is 16.5. The Hall–Kier alpha value is -3.26. The first-order valence-corrected chi connectivity index (χ1v) is 10.9. The normalized spacial score (nSPS) is 14.5. The van der Waals surface area contributed by atoms with Gasteiger partial charge in [-0.15, -0.1) is 0 Å². The number of anilines is 2. The fraction of sp³-hybridized carbons (Fsp3) is 0.417. The van der Waals surface area contributed by atoms with Crippen molar-refractivity contribution in [3.05, 3.63) is 54.1 Å². The Kier molecular flexibility index (Phi) is 8.33. The summed E-state index contributed by atoms with van der Waals surface area (Å²) in [5.41, 5.74) is 3.10. The summed E-state index contributed by atoms with van der Waals surface area (Å²) in [6.45, 7) is 4.65. The van der Waals surface area contributed by atoms with Crippen LogP contribution in [-0.2, 0) is 11.3 Å². The average molecular weight is 439 g/mol. The van der Waals surface area contributed by atoms with E-state index in [0.717, 1.165) is 49.1 Å². The van der Waals surface area contributed by atoms with Crippen LogP contribution in [0.3, 0.4) is 0 Å². The Balaban J connectivity index is 1.51. The molecule has 2 aromatic carbocycles. The molecular formula is C24H34N6O2. The van der Waals surface area contributed by atoms with Gasteiger partial charge in [0.2, 0.25) is 5.91 Å². The van der Waals surface area contributed by atoms with E-state index in [9.17, 15) is 4.79 Å². The van der Waals surface area contributed by atoms with Gasteiger partial charge in [0.1, 0.15) is 5.75 Å². The predicted molar refractivity (Wildman–Crippen MR) is 131 cm³/mol. The van der Waals surface area contributed by atoms with E-state index < -0.39 is 0 Å². The lowest BCUT2D eigenvalue weighted by atomic mass is 10.2. The highest BCUT2D eigenvalue weighted by Gasteiger charge is 2.20. The number of piperazine rings is 1. The molecule has 1 aliphatic heterocycles. The third kappa shape index (κ3) is 6.62. The average Bonchev–Trinajstić information content (AvgIpc) is 2.79. The fourth-order valence-corrected chi connectivity index (χ4v) is 3.73. The zero-order valence-electron chi connectivity index (χ0n) is 19.5. The Bertz CT molecular complexity index is 905. The van der Waals surface area contributed by atoms with Gasteiger partial charge in [-0.3, -0.25) is 9.79 Å². The smallest absolute Gasteiger partial charge is 0.238 e. The summed E-state index contributed by atoms with van der Waals surface area (Å²) in [6, 6.07) is 16.1. The van der Waals surface area contributed by atoms with Crippen LogP contribution in [0.1, 0.15) is 5.56 Å². The van der Waals surface area contributed by atoms with Crippen LogP contribution in [0.2, 0.25) is 0 Å². The molecule has 0 unspecified atom stereocenters. The molecule has 0 atom stereocenters. The van der Waals surface area contributed by atoms with Crippen LogP contribution in [0.15, 0.2) is 53.5 Å². The van der Waals surface area contributed by atoms with Crippen molar-refractivity contribution in [2.45, 2.75) is 6.54 Å². The number of likely N-dealkylation sites (N-methyl/N-ethyl adjacent to an activating group) is 1. The number of methoxy groups -OCH3 is 1. The molecule has 2 N–H and O–H groups in total. The number of rotatable bonds is 7. The lowest BCUT2D eigenvalue weighted by Gasteiger charge is -2.37. The number of carbonyl (C=O) groups excluding carboxylic acids is 1. The molecule has 0 aromatic heterocycles. The Morgan fingerprint density at radius 1 is 1.09 bits per heavy atom. The van der Waals surface area contributed by atoms with Gasteiger partial charge in [0.05, 0.1) is 13.7 Å². The number of guanidine groups is 1. The minimum absolute atomic E-state index is 0.0225. The van der Waals surface area contributed by atoms with Gasteiger partial charge in [-0.25, -0.2) is 0 Å². The van der Waals surface area contributed by atoms with Crippen molar-refractivity contribution in [1.82, 2.24) is 15.1 Å². The topological polar surface area (TPSA) is 72.4 Å². The van der Waals surface area contributed by atoms with E-state index in [1.807, 2.05) is 62.4 Å². The number of hydrogen-bond acceptors (Lipinski definition) is 5. The zero-order chi connectivity index (χ0) is 22.9. The summed E-state index contributed by atoms with van der Waals surface area (Å²) in [7, 11) is 7.25. The maximum absolute atomic E-state index is 12.0. The van der Waals surface area contributed by atoms with Crippen molar-refractivity contribution in [2.24, 2.45) is 4.99 Å². The Labute approximate surface area is 190 Å². The molecule has 8 nitrogen and oxygen atoms in total. The van der Waals surface area contributed by atoms with Gasteiger partial charge in [0, 0.05) is 51.1 Å². The van der Waals surface area contributed by atoms with E-state index in [4.69, 9.17) is 4.74 Å². The van der Waals surface area contributed by atoms with Gasteiger partial charge in [-0.05, 0) is 56.1 Å². The summed E-state index contributed by atoms with van der Waals surface area (Å²) < 4.78 is 5.25. The van der Waals surface area contributed by atoms with Crippen LogP contribution in [-0.4, -0.2) is 82.6 Å². The first-order valence-electron chi connectivity index (χ1n) is 10.9. The van der Waals surface area contributed by atoms with Gasteiger partial charge >= 0.3 is 0 Å². The van der Waals surface area contributed by atoms with Crippen molar-refractivity contribution >= 4 is 23.2 Å². The van der Waals surface area contributed by atoms with Gasteiger partial charge < -0.3 is 30.1 Å². The molecule has 1 fully saturated rings. The summed E-state index contributed by atoms with van der Waals surface area (Å²) in [6.07, 6.45) is 0. The van der Waals surface area contributed by atoms with Crippen molar-refractivity contribution < 1.29 is 9.53 Å². The number of nitrogens with one attached hydrogen (secondary N) is 2. The SMILES string of the molecule is CN=C(NCc1cccc(NC(=O)CN(C)C)c1)N1CCN(c2ccc(OC)cc2)CC1. The van der Waals surface area contributed by atoms with Crippen molar-refractivity contribution in [3.63, 3.8) is 0 Å². The molecule has 3 rings (SSSR count). The molecule has 1 amide bonds. The second kappa shape index (κ2) is 11.4. The van der Waals surface area contributed by atoms with Crippen LogP contribution >= 0.6 is 0 Å². The van der Waals surface area contributed by atoms with E-state index in [1.165, 1.54) is 5.69 Å². The van der Waals surface area contributed by atoms with E-state index in [-0.39, 0.29) is 5.91 Å². The maximum Gasteiger partial charge on any atom is 0.238 e. The maximum atomic E-state index is 12.0. The molecule has 1 heterocycles.